The Balaban J connectivity index is 2.03. The second kappa shape index (κ2) is 5.90. The molecule has 0 saturated carbocycles. The molecule has 24 heavy (non-hydrogen) atoms. The lowest BCUT2D eigenvalue weighted by atomic mass is 9.98. The third kappa shape index (κ3) is 2.86. The smallest absolute Gasteiger partial charge is 0.308 e. The summed E-state index contributed by atoms with van der Waals surface area (Å²) in [5, 5.41) is 8.95. The van der Waals surface area contributed by atoms with Crippen molar-refractivity contribution in [3.05, 3.63) is 30.1 Å². The number of amides is 1. The van der Waals surface area contributed by atoms with Crippen molar-refractivity contribution in [1.29, 1.82) is 0 Å². The van der Waals surface area contributed by atoms with Gasteiger partial charge in [-0.25, -0.2) is 13.4 Å². The number of rotatable bonds is 3. The molecule has 1 saturated heterocycles. The average molecular weight is 351 g/mol. The fraction of sp³-hybridized carbons (Fsp3) is 0.400. The molecule has 2 aromatic rings. The Hall–Kier alpha value is -2.42. The molecule has 1 aliphatic rings. The van der Waals surface area contributed by atoms with Gasteiger partial charge in [0.1, 0.15) is 0 Å². The van der Waals surface area contributed by atoms with Crippen LogP contribution in [0.1, 0.15) is 23.3 Å². The summed E-state index contributed by atoms with van der Waals surface area (Å²) in [5.74, 6) is -1.98. The van der Waals surface area contributed by atoms with Gasteiger partial charge in [-0.3, -0.25) is 14.0 Å². The number of nitrogens with zero attached hydrogens (tertiary/aromatic N) is 3. The van der Waals surface area contributed by atoms with E-state index in [-0.39, 0.29) is 17.4 Å². The maximum Gasteiger partial charge on any atom is 0.308 e. The predicted molar refractivity (Wildman–Crippen MR) is 84.6 cm³/mol. The predicted octanol–water partition coefficient (Wildman–Crippen LogP) is 0.675. The van der Waals surface area contributed by atoms with Crippen molar-refractivity contribution in [1.82, 2.24) is 14.3 Å². The third-order valence-corrected chi connectivity index (χ3v) is 5.06. The number of carbonyl (C=O) groups is 2. The molecule has 1 amide bonds. The van der Waals surface area contributed by atoms with Crippen LogP contribution in [0.3, 0.4) is 0 Å². The largest absolute Gasteiger partial charge is 0.481 e. The molecule has 0 bridgehead atoms. The maximum atomic E-state index is 12.8. The molecule has 3 rings (SSSR count). The van der Waals surface area contributed by atoms with E-state index in [1.54, 1.807) is 18.2 Å². The van der Waals surface area contributed by atoms with Crippen molar-refractivity contribution in [2.45, 2.75) is 18.0 Å². The first kappa shape index (κ1) is 16.4. The molecular weight excluding hydrogens is 334 g/mol. The summed E-state index contributed by atoms with van der Waals surface area (Å²) in [6, 6.07) is 4.96. The van der Waals surface area contributed by atoms with E-state index >= 15 is 0 Å². The van der Waals surface area contributed by atoms with Crippen LogP contribution < -0.4 is 0 Å². The fourth-order valence-electron chi connectivity index (χ4n) is 2.94. The zero-order chi connectivity index (χ0) is 17.5. The SMILES string of the molecule is CS(=O)(=O)c1nc(C(=O)N2CCCC(C(=O)O)C2)c2ccccn12. The van der Waals surface area contributed by atoms with Crippen LogP contribution in [0.2, 0.25) is 0 Å². The van der Waals surface area contributed by atoms with Gasteiger partial charge in [0.05, 0.1) is 11.4 Å². The van der Waals surface area contributed by atoms with Crippen LogP contribution in [-0.4, -0.2) is 59.0 Å². The zero-order valence-corrected chi connectivity index (χ0v) is 13.9. The molecule has 1 unspecified atom stereocenters. The van der Waals surface area contributed by atoms with Gasteiger partial charge in [0.25, 0.3) is 5.91 Å². The summed E-state index contributed by atoms with van der Waals surface area (Å²) < 4.78 is 25.2. The minimum Gasteiger partial charge on any atom is -0.481 e. The van der Waals surface area contributed by atoms with Gasteiger partial charge in [-0.15, -0.1) is 0 Å². The summed E-state index contributed by atoms with van der Waals surface area (Å²) in [5.41, 5.74) is 0.419. The van der Waals surface area contributed by atoms with Crippen molar-refractivity contribution in [3.8, 4) is 0 Å². The van der Waals surface area contributed by atoms with Gasteiger partial charge in [0.2, 0.25) is 15.0 Å². The van der Waals surface area contributed by atoms with Gasteiger partial charge in [-0.05, 0) is 25.0 Å². The fourth-order valence-corrected chi connectivity index (χ4v) is 3.72. The molecule has 1 N–H and O–H groups in total. The zero-order valence-electron chi connectivity index (χ0n) is 13.0. The number of sulfone groups is 1. The van der Waals surface area contributed by atoms with E-state index in [2.05, 4.69) is 4.98 Å². The number of aromatic nitrogens is 2. The highest BCUT2D eigenvalue weighted by Gasteiger charge is 2.31. The summed E-state index contributed by atoms with van der Waals surface area (Å²) in [6.07, 6.45) is 3.68. The second-order valence-corrected chi connectivity index (χ2v) is 7.81. The molecule has 0 aliphatic carbocycles. The Morgan fingerprint density at radius 3 is 2.75 bits per heavy atom. The lowest BCUT2D eigenvalue weighted by molar-refractivity contribution is -0.143. The van der Waals surface area contributed by atoms with Crippen molar-refractivity contribution >= 4 is 27.2 Å². The van der Waals surface area contributed by atoms with Crippen molar-refractivity contribution < 1.29 is 23.1 Å². The number of hydrogen-bond acceptors (Lipinski definition) is 5. The molecule has 0 aromatic carbocycles. The number of carboxylic acid groups (broad SMARTS) is 1. The first-order valence-corrected chi connectivity index (χ1v) is 9.37. The van der Waals surface area contributed by atoms with E-state index in [1.807, 2.05) is 0 Å². The van der Waals surface area contributed by atoms with Crippen LogP contribution in [0, 0.1) is 5.92 Å². The van der Waals surface area contributed by atoms with E-state index in [9.17, 15) is 18.0 Å². The Bertz CT molecular complexity index is 918. The number of aliphatic carboxylic acids is 1. The van der Waals surface area contributed by atoms with Gasteiger partial charge in [0, 0.05) is 25.5 Å². The monoisotopic (exact) mass is 351 g/mol. The van der Waals surface area contributed by atoms with Crippen LogP contribution in [0.25, 0.3) is 5.52 Å². The topological polar surface area (TPSA) is 109 Å². The maximum absolute atomic E-state index is 12.8. The van der Waals surface area contributed by atoms with Crippen molar-refractivity contribution in [2.24, 2.45) is 5.92 Å². The minimum absolute atomic E-state index is 0.0297. The molecule has 3 heterocycles. The van der Waals surface area contributed by atoms with Crippen LogP contribution in [0.4, 0.5) is 0 Å². The van der Waals surface area contributed by atoms with E-state index in [0.717, 1.165) is 6.26 Å². The number of fused-ring (bicyclic) bond motifs is 1. The van der Waals surface area contributed by atoms with E-state index in [4.69, 9.17) is 5.11 Å². The molecule has 9 heteroatoms. The number of carboxylic acids is 1. The average Bonchev–Trinajstić information content (AvgIpc) is 2.94. The highest BCUT2D eigenvalue weighted by atomic mass is 32.2. The molecule has 1 fully saturated rings. The van der Waals surface area contributed by atoms with E-state index in [0.29, 0.717) is 24.9 Å². The Kier molecular flexibility index (Phi) is 4.04. The van der Waals surface area contributed by atoms with E-state index < -0.39 is 27.6 Å². The van der Waals surface area contributed by atoms with Gasteiger partial charge in [-0.1, -0.05) is 6.07 Å². The lowest BCUT2D eigenvalue weighted by Gasteiger charge is -2.30. The molecule has 128 valence electrons. The first-order valence-electron chi connectivity index (χ1n) is 7.48. The van der Waals surface area contributed by atoms with Gasteiger partial charge < -0.3 is 10.0 Å². The number of carbonyl (C=O) groups excluding carboxylic acids is 1. The quantitative estimate of drug-likeness (QED) is 0.871. The summed E-state index contributed by atoms with van der Waals surface area (Å²) >= 11 is 0. The van der Waals surface area contributed by atoms with Gasteiger partial charge in [0.15, 0.2) is 5.69 Å². The number of likely N-dealkylation sites (tertiary alicyclic amines) is 1. The Morgan fingerprint density at radius 2 is 2.08 bits per heavy atom. The van der Waals surface area contributed by atoms with Crippen molar-refractivity contribution in [2.75, 3.05) is 19.3 Å². The highest BCUT2D eigenvalue weighted by molar-refractivity contribution is 7.90. The summed E-state index contributed by atoms with van der Waals surface area (Å²) in [7, 11) is -3.61. The summed E-state index contributed by atoms with van der Waals surface area (Å²) in [6.45, 7) is 0.539. The van der Waals surface area contributed by atoms with Crippen LogP contribution in [0.5, 0.6) is 0 Å². The molecule has 8 nitrogen and oxygen atoms in total. The summed E-state index contributed by atoms with van der Waals surface area (Å²) in [4.78, 5) is 29.4. The Labute approximate surface area is 138 Å². The highest BCUT2D eigenvalue weighted by Crippen LogP contribution is 2.22. The number of imidazole rings is 1. The molecule has 1 aliphatic heterocycles. The number of hydrogen-bond donors (Lipinski definition) is 1. The van der Waals surface area contributed by atoms with Crippen LogP contribution in [0.15, 0.2) is 29.6 Å². The van der Waals surface area contributed by atoms with Gasteiger partial charge in [-0.2, -0.15) is 0 Å². The van der Waals surface area contributed by atoms with Crippen LogP contribution in [-0.2, 0) is 14.6 Å². The van der Waals surface area contributed by atoms with Crippen LogP contribution >= 0.6 is 0 Å². The normalized spacial score (nSPS) is 18.7. The lowest BCUT2D eigenvalue weighted by Crippen LogP contribution is -2.42. The molecule has 0 spiro atoms. The molecule has 0 radical (unpaired) electrons. The first-order chi connectivity index (χ1) is 11.3. The molecule has 2 aromatic heterocycles. The number of piperidine rings is 1. The third-order valence-electron chi connectivity index (χ3n) is 4.11. The number of pyridine rings is 1. The minimum atomic E-state index is -3.61. The standard InChI is InChI=1S/C15H17N3O5S/c1-24(22,23)15-16-12(11-6-2-3-8-18(11)15)13(19)17-7-4-5-10(9-17)14(20)21/h2-3,6,8,10H,4-5,7,9H2,1H3,(H,20,21). The van der Waals surface area contributed by atoms with Gasteiger partial charge >= 0.3 is 5.97 Å². The Morgan fingerprint density at radius 1 is 1.33 bits per heavy atom. The molecular formula is C15H17N3O5S. The van der Waals surface area contributed by atoms with Crippen molar-refractivity contribution in [3.63, 3.8) is 0 Å². The second-order valence-electron chi connectivity index (χ2n) is 5.90. The molecule has 1 atom stereocenters. The van der Waals surface area contributed by atoms with E-state index in [1.165, 1.54) is 15.5 Å².